The molecule has 0 amide bonds. The second-order valence-corrected chi connectivity index (χ2v) is 13.2. The molecule has 240 valence electrons. The molecule has 9 aromatic rings. The first kappa shape index (κ1) is 29.3. The molecule has 0 spiro atoms. The van der Waals surface area contributed by atoms with E-state index in [-0.39, 0.29) is 5.92 Å². The minimum absolute atomic E-state index is 0.0530. The predicted octanol–water partition coefficient (Wildman–Crippen LogP) is 11.9. The Morgan fingerprint density at radius 1 is 0.451 bits per heavy atom. The molecule has 0 saturated carbocycles. The molecule has 0 radical (unpaired) electrons. The Kier molecular flexibility index (Phi) is 6.91. The molecule has 10 rings (SSSR count). The van der Waals surface area contributed by atoms with Crippen LogP contribution >= 0.6 is 0 Å². The van der Waals surface area contributed by atoms with E-state index in [9.17, 15) is 0 Å². The zero-order chi connectivity index (χ0) is 33.7. The first-order chi connectivity index (χ1) is 25.2. The normalized spacial score (nSPS) is 14.1. The van der Waals surface area contributed by atoms with Gasteiger partial charge in [0.1, 0.15) is 11.3 Å². The van der Waals surface area contributed by atoms with Gasteiger partial charge < -0.3 is 4.42 Å². The van der Waals surface area contributed by atoms with E-state index in [1.54, 1.807) is 0 Å². The number of allylic oxidation sites excluding steroid dienone is 1. The zero-order valence-electron chi connectivity index (χ0n) is 27.7. The number of rotatable bonds is 5. The SMILES string of the molecule is C1=C(c2nc(-c3ccccc3)nc(-c3ccc4ccccc4c3)n2)c2c(oc3ccccc23)C(c2ccc(-c3ccc4ccccc4c3)cc2)C1. The zero-order valence-corrected chi connectivity index (χ0v) is 27.7. The van der Waals surface area contributed by atoms with Crippen molar-refractivity contribution in [2.45, 2.75) is 12.3 Å². The van der Waals surface area contributed by atoms with Crippen LogP contribution in [0.1, 0.15) is 35.1 Å². The van der Waals surface area contributed by atoms with Crippen molar-refractivity contribution in [1.82, 2.24) is 15.0 Å². The van der Waals surface area contributed by atoms with Crippen molar-refractivity contribution in [3.63, 3.8) is 0 Å². The maximum absolute atomic E-state index is 6.74. The second kappa shape index (κ2) is 12.0. The highest BCUT2D eigenvalue weighted by Gasteiger charge is 2.31. The van der Waals surface area contributed by atoms with Gasteiger partial charge in [-0.05, 0) is 62.9 Å². The van der Waals surface area contributed by atoms with Gasteiger partial charge >= 0.3 is 0 Å². The molecule has 1 unspecified atom stereocenters. The van der Waals surface area contributed by atoms with Crippen LogP contribution in [0.4, 0.5) is 0 Å². The fourth-order valence-corrected chi connectivity index (χ4v) is 7.47. The van der Waals surface area contributed by atoms with Crippen molar-refractivity contribution in [3.8, 4) is 33.9 Å². The number of aromatic nitrogens is 3. The van der Waals surface area contributed by atoms with Gasteiger partial charge in [0.15, 0.2) is 17.5 Å². The Morgan fingerprint density at radius 2 is 1.02 bits per heavy atom. The van der Waals surface area contributed by atoms with Gasteiger partial charge in [-0.1, -0.05) is 152 Å². The lowest BCUT2D eigenvalue weighted by molar-refractivity contribution is 0.515. The second-order valence-electron chi connectivity index (χ2n) is 13.2. The van der Waals surface area contributed by atoms with Crippen LogP contribution in [-0.4, -0.2) is 15.0 Å². The van der Waals surface area contributed by atoms with Gasteiger partial charge in [0, 0.05) is 33.6 Å². The van der Waals surface area contributed by atoms with E-state index in [1.807, 2.05) is 24.3 Å². The van der Waals surface area contributed by atoms with Crippen LogP contribution in [0.15, 0.2) is 174 Å². The van der Waals surface area contributed by atoms with Crippen molar-refractivity contribution >= 4 is 38.1 Å². The van der Waals surface area contributed by atoms with Gasteiger partial charge in [-0.25, -0.2) is 15.0 Å². The molecular weight excluding hydrogens is 623 g/mol. The Balaban J connectivity index is 1.09. The van der Waals surface area contributed by atoms with Crippen molar-refractivity contribution < 1.29 is 4.42 Å². The summed E-state index contributed by atoms with van der Waals surface area (Å²) < 4.78 is 6.74. The molecule has 0 fully saturated rings. The van der Waals surface area contributed by atoms with Gasteiger partial charge in [-0.2, -0.15) is 0 Å². The van der Waals surface area contributed by atoms with E-state index >= 15 is 0 Å². The molecule has 51 heavy (non-hydrogen) atoms. The lowest BCUT2D eigenvalue weighted by atomic mass is 9.82. The number of hydrogen-bond acceptors (Lipinski definition) is 4. The van der Waals surface area contributed by atoms with E-state index in [1.165, 1.54) is 32.8 Å². The maximum atomic E-state index is 6.74. The number of furan rings is 1. The van der Waals surface area contributed by atoms with Crippen molar-refractivity contribution in [3.05, 3.63) is 193 Å². The van der Waals surface area contributed by atoms with E-state index in [4.69, 9.17) is 19.4 Å². The van der Waals surface area contributed by atoms with Crippen LogP contribution in [0.25, 0.3) is 72.0 Å². The maximum Gasteiger partial charge on any atom is 0.164 e. The molecule has 4 nitrogen and oxygen atoms in total. The average molecular weight is 654 g/mol. The topological polar surface area (TPSA) is 51.8 Å². The first-order valence-corrected chi connectivity index (χ1v) is 17.4. The highest BCUT2D eigenvalue weighted by Crippen LogP contribution is 2.46. The van der Waals surface area contributed by atoms with E-state index in [0.29, 0.717) is 17.5 Å². The Labute approximate surface area is 295 Å². The third kappa shape index (κ3) is 5.20. The summed E-state index contributed by atoms with van der Waals surface area (Å²) in [5.41, 5.74) is 8.40. The van der Waals surface area contributed by atoms with Crippen LogP contribution in [0, 0.1) is 0 Å². The summed E-state index contributed by atoms with van der Waals surface area (Å²) in [7, 11) is 0. The number of fused-ring (bicyclic) bond motifs is 5. The van der Waals surface area contributed by atoms with Crippen LogP contribution in [0.2, 0.25) is 0 Å². The van der Waals surface area contributed by atoms with Gasteiger partial charge in [0.2, 0.25) is 0 Å². The Morgan fingerprint density at radius 3 is 1.76 bits per heavy atom. The van der Waals surface area contributed by atoms with E-state index < -0.39 is 0 Å². The quantitative estimate of drug-likeness (QED) is 0.185. The van der Waals surface area contributed by atoms with Crippen LogP contribution in [0.3, 0.4) is 0 Å². The Hall–Kier alpha value is -6.65. The minimum atomic E-state index is 0.0530. The number of para-hydroxylation sites is 1. The van der Waals surface area contributed by atoms with Gasteiger partial charge in [0.05, 0.1) is 0 Å². The van der Waals surface area contributed by atoms with Crippen molar-refractivity contribution in [1.29, 1.82) is 0 Å². The summed E-state index contributed by atoms with van der Waals surface area (Å²) in [5.74, 6) is 2.93. The lowest BCUT2D eigenvalue weighted by Crippen LogP contribution is -2.10. The number of nitrogens with zero attached hydrogens (tertiary/aromatic N) is 3. The Bertz CT molecular complexity index is 2780. The monoisotopic (exact) mass is 653 g/mol. The molecular formula is C47H31N3O. The number of benzene rings is 7. The molecule has 1 aliphatic rings. The fraction of sp³-hybridized carbons (Fsp3) is 0.0426. The summed E-state index contributed by atoms with van der Waals surface area (Å²) in [6.07, 6.45) is 3.05. The standard InChI is InChI=1S/C47H31N3O/c1-2-12-34(13-3-1)45-48-46(38-25-21-31-11-5-7-15-36(31)29-38)50-47(49-45)41-27-26-39(44-43(41)40-16-8-9-17-42(40)51-44)33-22-18-32(19-23-33)37-24-20-30-10-4-6-14-35(30)28-37/h1-25,27-29,39H,26H2. The van der Waals surface area contributed by atoms with E-state index in [0.717, 1.165) is 50.8 Å². The van der Waals surface area contributed by atoms with Crippen molar-refractivity contribution in [2.24, 2.45) is 0 Å². The molecule has 4 heteroatoms. The predicted molar refractivity (Wildman–Crippen MR) is 207 cm³/mol. The summed E-state index contributed by atoms with van der Waals surface area (Å²) in [4.78, 5) is 15.3. The van der Waals surface area contributed by atoms with Crippen LogP contribution in [-0.2, 0) is 0 Å². The molecule has 1 atom stereocenters. The smallest absolute Gasteiger partial charge is 0.164 e. The molecule has 7 aromatic carbocycles. The molecule has 0 N–H and O–H groups in total. The minimum Gasteiger partial charge on any atom is -0.460 e. The third-order valence-corrected chi connectivity index (χ3v) is 10.1. The summed E-state index contributed by atoms with van der Waals surface area (Å²) in [6.45, 7) is 0. The highest BCUT2D eigenvalue weighted by atomic mass is 16.3. The largest absolute Gasteiger partial charge is 0.460 e. The molecule has 0 aliphatic heterocycles. The molecule has 0 saturated heterocycles. The van der Waals surface area contributed by atoms with E-state index in [2.05, 4.69) is 146 Å². The van der Waals surface area contributed by atoms with Crippen molar-refractivity contribution in [2.75, 3.05) is 0 Å². The molecule has 2 heterocycles. The average Bonchev–Trinajstić information content (AvgIpc) is 3.60. The summed E-state index contributed by atoms with van der Waals surface area (Å²) in [5, 5.41) is 5.88. The van der Waals surface area contributed by atoms with Crippen LogP contribution in [0.5, 0.6) is 0 Å². The third-order valence-electron chi connectivity index (χ3n) is 10.1. The summed E-state index contributed by atoms with van der Waals surface area (Å²) in [6, 6.07) is 57.3. The molecule has 2 aromatic heterocycles. The van der Waals surface area contributed by atoms with Gasteiger partial charge in [-0.15, -0.1) is 0 Å². The first-order valence-electron chi connectivity index (χ1n) is 17.4. The van der Waals surface area contributed by atoms with Gasteiger partial charge in [0.25, 0.3) is 0 Å². The van der Waals surface area contributed by atoms with Gasteiger partial charge in [-0.3, -0.25) is 0 Å². The van der Waals surface area contributed by atoms with Crippen LogP contribution < -0.4 is 0 Å². The number of hydrogen-bond donors (Lipinski definition) is 0. The highest BCUT2D eigenvalue weighted by molar-refractivity contribution is 5.98. The lowest BCUT2D eigenvalue weighted by Gasteiger charge is -2.22. The molecule has 0 bridgehead atoms. The summed E-state index contributed by atoms with van der Waals surface area (Å²) >= 11 is 0. The molecule has 1 aliphatic carbocycles. The fourth-order valence-electron chi connectivity index (χ4n) is 7.47.